The Balaban J connectivity index is 0.00000243. The highest BCUT2D eigenvalue weighted by molar-refractivity contribution is 14.0. The van der Waals surface area contributed by atoms with Gasteiger partial charge in [0, 0.05) is 51.1 Å². The van der Waals surface area contributed by atoms with Crippen molar-refractivity contribution in [3.63, 3.8) is 0 Å². The van der Waals surface area contributed by atoms with Crippen LogP contribution in [0.25, 0.3) is 0 Å². The molecular formula is C18H29IN4O2S. The average molecular weight is 492 g/mol. The molecule has 0 saturated carbocycles. The monoisotopic (exact) mass is 492 g/mol. The van der Waals surface area contributed by atoms with Crippen LogP contribution in [0.3, 0.4) is 0 Å². The second-order valence-electron chi connectivity index (χ2n) is 6.94. The van der Waals surface area contributed by atoms with Gasteiger partial charge in [-0.2, -0.15) is 0 Å². The second kappa shape index (κ2) is 9.89. The standard InChI is InChI=1S/C18H28N4O2S.HI/c1-18(7-3-10-24-18)13-21-17(19-2)20-8-4-16(23)22-9-5-15-14(12-22)6-11-25-15;/h6,11H,3-5,7-10,12-13H2,1-2H3,(H2,19,20,21);1H. The number of thiophene rings is 1. The zero-order chi connectivity index (χ0) is 17.7. The molecule has 146 valence electrons. The lowest BCUT2D eigenvalue weighted by Gasteiger charge is -2.27. The predicted molar refractivity (Wildman–Crippen MR) is 116 cm³/mol. The molecule has 6 nitrogen and oxygen atoms in total. The summed E-state index contributed by atoms with van der Waals surface area (Å²) in [6, 6.07) is 2.13. The van der Waals surface area contributed by atoms with E-state index in [4.69, 9.17) is 4.74 Å². The first-order valence-corrected chi connectivity index (χ1v) is 9.89. The van der Waals surface area contributed by atoms with Crippen molar-refractivity contribution in [2.24, 2.45) is 4.99 Å². The van der Waals surface area contributed by atoms with Crippen LogP contribution in [0.15, 0.2) is 16.4 Å². The van der Waals surface area contributed by atoms with Crippen LogP contribution in [0.1, 0.15) is 36.6 Å². The Morgan fingerprint density at radius 2 is 2.31 bits per heavy atom. The summed E-state index contributed by atoms with van der Waals surface area (Å²) < 4.78 is 5.77. The van der Waals surface area contributed by atoms with Crippen molar-refractivity contribution >= 4 is 47.2 Å². The molecule has 2 N–H and O–H groups in total. The first-order valence-electron chi connectivity index (χ1n) is 9.01. The summed E-state index contributed by atoms with van der Waals surface area (Å²) in [6.45, 7) is 5.85. The zero-order valence-electron chi connectivity index (χ0n) is 15.5. The van der Waals surface area contributed by atoms with Crippen LogP contribution in [0.2, 0.25) is 0 Å². The Bertz CT molecular complexity index is 628. The van der Waals surface area contributed by atoms with E-state index in [1.54, 1.807) is 18.4 Å². The van der Waals surface area contributed by atoms with Crippen LogP contribution in [-0.2, 0) is 22.5 Å². The van der Waals surface area contributed by atoms with Crippen LogP contribution >= 0.6 is 35.3 Å². The molecule has 1 aromatic rings. The molecule has 1 amide bonds. The van der Waals surface area contributed by atoms with Crippen molar-refractivity contribution < 1.29 is 9.53 Å². The smallest absolute Gasteiger partial charge is 0.224 e. The fourth-order valence-corrected chi connectivity index (χ4v) is 4.26. The van der Waals surface area contributed by atoms with Crippen molar-refractivity contribution in [2.45, 2.75) is 44.8 Å². The highest BCUT2D eigenvalue weighted by Gasteiger charge is 2.29. The molecule has 3 rings (SSSR count). The molecule has 2 aliphatic rings. The zero-order valence-corrected chi connectivity index (χ0v) is 18.7. The molecular weight excluding hydrogens is 463 g/mol. The van der Waals surface area contributed by atoms with Gasteiger partial charge in [-0.25, -0.2) is 0 Å². The molecule has 1 atom stereocenters. The van der Waals surface area contributed by atoms with E-state index in [2.05, 4.69) is 34.0 Å². The number of ether oxygens (including phenoxy) is 1. The number of aliphatic imine (C=N–C) groups is 1. The second-order valence-corrected chi connectivity index (χ2v) is 7.94. The number of fused-ring (bicyclic) bond motifs is 1. The largest absolute Gasteiger partial charge is 0.373 e. The molecule has 0 aliphatic carbocycles. The Labute approximate surface area is 176 Å². The number of nitrogens with one attached hydrogen (secondary N) is 2. The third-order valence-electron chi connectivity index (χ3n) is 4.95. The van der Waals surface area contributed by atoms with Crippen molar-refractivity contribution in [3.05, 3.63) is 21.9 Å². The van der Waals surface area contributed by atoms with E-state index < -0.39 is 0 Å². The van der Waals surface area contributed by atoms with Crippen LogP contribution in [0, 0.1) is 0 Å². The Kier molecular flexibility index (Phi) is 8.15. The van der Waals surface area contributed by atoms with Crippen molar-refractivity contribution in [1.29, 1.82) is 0 Å². The van der Waals surface area contributed by atoms with Gasteiger partial charge in [-0.3, -0.25) is 9.79 Å². The van der Waals surface area contributed by atoms with Crippen LogP contribution < -0.4 is 10.6 Å². The normalized spacial score (nSPS) is 22.5. The summed E-state index contributed by atoms with van der Waals surface area (Å²) in [4.78, 5) is 20.0. The van der Waals surface area contributed by atoms with Crippen LogP contribution in [0.5, 0.6) is 0 Å². The highest BCUT2D eigenvalue weighted by atomic mass is 127. The average Bonchev–Trinajstić information content (AvgIpc) is 3.26. The van der Waals surface area contributed by atoms with Gasteiger partial charge in [-0.05, 0) is 43.2 Å². The van der Waals surface area contributed by atoms with Crippen LogP contribution in [-0.4, -0.2) is 55.7 Å². The summed E-state index contributed by atoms with van der Waals surface area (Å²) >= 11 is 1.79. The summed E-state index contributed by atoms with van der Waals surface area (Å²) in [5, 5.41) is 8.65. The summed E-state index contributed by atoms with van der Waals surface area (Å²) in [7, 11) is 1.75. The van der Waals surface area contributed by atoms with Crippen molar-refractivity contribution in [2.75, 3.05) is 33.3 Å². The summed E-state index contributed by atoms with van der Waals surface area (Å²) in [5.41, 5.74) is 1.19. The minimum atomic E-state index is -0.112. The number of guanidine groups is 1. The lowest BCUT2D eigenvalue weighted by molar-refractivity contribution is -0.131. The maximum atomic E-state index is 12.4. The predicted octanol–water partition coefficient (Wildman–Crippen LogP) is 2.38. The number of rotatable bonds is 5. The Morgan fingerprint density at radius 3 is 3.04 bits per heavy atom. The van der Waals surface area contributed by atoms with Gasteiger partial charge >= 0.3 is 0 Å². The van der Waals surface area contributed by atoms with Gasteiger partial charge in [-0.15, -0.1) is 35.3 Å². The molecule has 1 aromatic heterocycles. The Morgan fingerprint density at radius 1 is 1.46 bits per heavy atom. The van der Waals surface area contributed by atoms with Gasteiger partial charge in [0.05, 0.1) is 5.60 Å². The van der Waals surface area contributed by atoms with Gasteiger partial charge in [-0.1, -0.05) is 0 Å². The summed E-state index contributed by atoms with van der Waals surface area (Å²) in [6.07, 6.45) is 3.64. The highest BCUT2D eigenvalue weighted by Crippen LogP contribution is 2.24. The fraction of sp³-hybridized carbons (Fsp3) is 0.667. The van der Waals surface area contributed by atoms with E-state index in [1.807, 2.05) is 4.90 Å². The number of hydrogen-bond acceptors (Lipinski definition) is 4. The van der Waals surface area contributed by atoms with Gasteiger partial charge < -0.3 is 20.3 Å². The third kappa shape index (κ3) is 5.56. The van der Waals surface area contributed by atoms with Crippen LogP contribution in [0.4, 0.5) is 0 Å². The van der Waals surface area contributed by atoms with E-state index in [1.165, 1.54) is 10.4 Å². The van der Waals surface area contributed by atoms with E-state index in [9.17, 15) is 4.79 Å². The van der Waals surface area contributed by atoms with E-state index in [-0.39, 0.29) is 35.5 Å². The quantitative estimate of drug-likeness (QED) is 0.377. The number of carbonyl (C=O) groups is 1. The molecule has 3 heterocycles. The SMILES string of the molecule is CN=C(NCCC(=O)N1CCc2sccc2C1)NCC1(C)CCCO1.I. The lowest BCUT2D eigenvalue weighted by Crippen LogP contribution is -2.46. The minimum absolute atomic E-state index is 0. The third-order valence-corrected chi connectivity index (χ3v) is 5.97. The maximum absolute atomic E-state index is 12.4. The number of hydrogen-bond donors (Lipinski definition) is 2. The fourth-order valence-electron chi connectivity index (χ4n) is 3.37. The molecule has 8 heteroatoms. The molecule has 0 spiro atoms. The van der Waals surface area contributed by atoms with Crippen molar-refractivity contribution in [3.8, 4) is 0 Å². The molecule has 26 heavy (non-hydrogen) atoms. The number of nitrogens with zero attached hydrogens (tertiary/aromatic N) is 2. The van der Waals surface area contributed by atoms with Gasteiger partial charge in [0.25, 0.3) is 0 Å². The molecule has 1 fully saturated rings. The molecule has 0 radical (unpaired) electrons. The minimum Gasteiger partial charge on any atom is -0.373 e. The van der Waals surface area contributed by atoms with E-state index in [0.717, 1.165) is 51.5 Å². The van der Waals surface area contributed by atoms with Gasteiger partial charge in [0.1, 0.15) is 0 Å². The summed E-state index contributed by atoms with van der Waals surface area (Å²) in [5.74, 6) is 0.925. The molecule has 2 aliphatic heterocycles. The van der Waals surface area contributed by atoms with E-state index >= 15 is 0 Å². The number of amides is 1. The molecule has 0 bridgehead atoms. The van der Waals surface area contributed by atoms with Crippen molar-refractivity contribution in [1.82, 2.24) is 15.5 Å². The van der Waals surface area contributed by atoms with E-state index in [0.29, 0.717) is 13.0 Å². The number of carbonyl (C=O) groups excluding carboxylic acids is 1. The van der Waals surface area contributed by atoms with Gasteiger partial charge in [0.15, 0.2) is 5.96 Å². The maximum Gasteiger partial charge on any atom is 0.224 e. The lowest BCUT2D eigenvalue weighted by atomic mass is 10.0. The molecule has 1 unspecified atom stereocenters. The number of halogens is 1. The molecule has 0 aromatic carbocycles. The first kappa shape index (κ1) is 21.4. The topological polar surface area (TPSA) is 66.0 Å². The van der Waals surface area contributed by atoms with Gasteiger partial charge in [0.2, 0.25) is 5.91 Å². The molecule has 1 saturated heterocycles. The first-order chi connectivity index (χ1) is 12.1. The Hall–Kier alpha value is -0.870.